The Hall–Kier alpha value is -3.95. The van der Waals surface area contributed by atoms with Crippen molar-refractivity contribution in [1.82, 2.24) is 19.4 Å². The molecule has 0 aliphatic carbocycles. The monoisotopic (exact) mass is 557 g/mol. The summed E-state index contributed by atoms with van der Waals surface area (Å²) in [6, 6.07) is 30.6. The van der Waals surface area contributed by atoms with Crippen molar-refractivity contribution >= 4 is 16.9 Å². The van der Waals surface area contributed by atoms with Crippen LogP contribution in [0.15, 0.2) is 78.9 Å². The number of nitrogens with zero attached hydrogens (tertiary/aromatic N) is 5. The van der Waals surface area contributed by atoms with Crippen molar-refractivity contribution in [2.45, 2.75) is 75.4 Å². The molecule has 1 aromatic heterocycles. The van der Waals surface area contributed by atoms with Gasteiger partial charge in [-0.1, -0.05) is 42.5 Å². The lowest BCUT2D eigenvalue weighted by molar-refractivity contribution is 0.0607. The van der Waals surface area contributed by atoms with E-state index >= 15 is 0 Å². The number of carbonyl (C=O) groups is 1. The van der Waals surface area contributed by atoms with E-state index in [1.54, 1.807) is 24.3 Å². The lowest BCUT2D eigenvalue weighted by Crippen LogP contribution is -2.49. The Labute approximate surface area is 248 Å². The standard InChI is InChI=1S/C36H39N5O/c1-26-38-33-9-5-6-10-34(33)41(26)32-23-30-15-16-31(24-32)40(30)22-19-36(29-7-3-2-4-8-29)17-20-39(21-18-36)35(42)28-13-11-27(25-37)12-14-28/h2-14,30-32H,15-24H2,1H3/t30-,31?,32?/m1/s1. The fourth-order valence-electron chi connectivity index (χ4n) is 8.27. The van der Waals surface area contributed by atoms with Crippen molar-refractivity contribution in [2.75, 3.05) is 19.6 Å². The molecule has 3 aliphatic heterocycles. The second-order valence-corrected chi connectivity index (χ2v) is 12.6. The third-order valence-corrected chi connectivity index (χ3v) is 10.5. The van der Waals surface area contributed by atoms with Gasteiger partial charge in [0, 0.05) is 36.8 Å². The highest BCUT2D eigenvalue weighted by atomic mass is 16.2. The van der Waals surface area contributed by atoms with Crippen LogP contribution in [0.25, 0.3) is 11.0 Å². The van der Waals surface area contributed by atoms with Gasteiger partial charge in [0.05, 0.1) is 22.7 Å². The van der Waals surface area contributed by atoms with Gasteiger partial charge < -0.3 is 9.47 Å². The molecule has 42 heavy (non-hydrogen) atoms. The molecule has 0 N–H and O–H groups in total. The van der Waals surface area contributed by atoms with Crippen molar-refractivity contribution in [3.05, 3.63) is 101 Å². The third-order valence-electron chi connectivity index (χ3n) is 10.5. The number of rotatable bonds is 6. The molecule has 214 valence electrons. The number of imidazole rings is 1. The number of likely N-dealkylation sites (tertiary alicyclic amines) is 1. The van der Waals surface area contributed by atoms with Crippen LogP contribution in [0.5, 0.6) is 0 Å². The van der Waals surface area contributed by atoms with Gasteiger partial charge in [-0.25, -0.2) is 4.98 Å². The molecule has 3 aromatic carbocycles. The van der Waals surface area contributed by atoms with E-state index in [0.717, 1.165) is 50.2 Å². The highest BCUT2D eigenvalue weighted by Gasteiger charge is 2.44. The van der Waals surface area contributed by atoms with E-state index < -0.39 is 0 Å². The molecule has 3 atom stereocenters. The van der Waals surface area contributed by atoms with Crippen LogP contribution in [-0.2, 0) is 5.41 Å². The molecule has 3 fully saturated rings. The molecule has 3 aliphatic rings. The maximum atomic E-state index is 13.3. The summed E-state index contributed by atoms with van der Waals surface area (Å²) >= 11 is 0. The van der Waals surface area contributed by atoms with Crippen molar-refractivity contribution in [3.63, 3.8) is 0 Å². The number of hydrogen-bond donors (Lipinski definition) is 0. The molecule has 0 spiro atoms. The Balaban J connectivity index is 1.05. The Morgan fingerprint density at radius 2 is 1.57 bits per heavy atom. The number of aryl methyl sites for hydroxylation is 1. The molecule has 7 rings (SSSR count). The number of benzene rings is 3. The first kappa shape index (κ1) is 26.9. The van der Waals surface area contributed by atoms with Gasteiger partial charge in [0.25, 0.3) is 5.91 Å². The van der Waals surface area contributed by atoms with Crippen LogP contribution in [0, 0.1) is 18.3 Å². The molecular weight excluding hydrogens is 518 g/mol. The Kier molecular flexibility index (Phi) is 7.07. The maximum absolute atomic E-state index is 13.3. The van der Waals surface area contributed by atoms with Gasteiger partial charge in [-0.3, -0.25) is 9.69 Å². The third kappa shape index (κ3) is 4.80. The van der Waals surface area contributed by atoms with Crippen LogP contribution in [0.3, 0.4) is 0 Å². The van der Waals surface area contributed by atoms with Gasteiger partial charge in [-0.05, 0) is 106 Å². The minimum absolute atomic E-state index is 0.0728. The lowest BCUT2D eigenvalue weighted by Gasteiger charge is -2.45. The van der Waals surface area contributed by atoms with Crippen LogP contribution in [-0.4, -0.2) is 57.0 Å². The predicted octanol–water partition coefficient (Wildman–Crippen LogP) is 6.65. The Morgan fingerprint density at radius 3 is 2.26 bits per heavy atom. The number of fused-ring (bicyclic) bond motifs is 3. The molecule has 1 amide bonds. The van der Waals surface area contributed by atoms with Crippen LogP contribution < -0.4 is 0 Å². The number of hydrogen-bond acceptors (Lipinski definition) is 4. The van der Waals surface area contributed by atoms with Crippen molar-refractivity contribution in [3.8, 4) is 6.07 Å². The second kappa shape index (κ2) is 11.0. The highest BCUT2D eigenvalue weighted by molar-refractivity contribution is 5.94. The van der Waals surface area contributed by atoms with E-state index in [1.807, 2.05) is 4.90 Å². The van der Waals surface area contributed by atoms with E-state index in [9.17, 15) is 4.79 Å². The van der Waals surface area contributed by atoms with Gasteiger partial charge in [0.1, 0.15) is 5.82 Å². The lowest BCUT2D eigenvalue weighted by atomic mass is 9.70. The summed E-state index contributed by atoms with van der Waals surface area (Å²) < 4.78 is 2.52. The molecule has 0 saturated carbocycles. The molecule has 2 bridgehead atoms. The first-order valence-electron chi connectivity index (χ1n) is 15.6. The average molecular weight is 558 g/mol. The van der Waals surface area contributed by atoms with E-state index in [2.05, 4.69) is 77.1 Å². The number of para-hydroxylation sites is 2. The number of amides is 1. The largest absolute Gasteiger partial charge is 0.339 e. The number of piperidine rings is 2. The zero-order chi connectivity index (χ0) is 28.7. The topological polar surface area (TPSA) is 65.2 Å². The first-order chi connectivity index (χ1) is 20.5. The van der Waals surface area contributed by atoms with Gasteiger partial charge in [0.2, 0.25) is 0 Å². The average Bonchev–Trinajstić information content (AvgIpc) is 3.50. The minimum Gasteiger partial charge on any atom is -0.339 e. The molecule has 0 radical (unpaired) electrons. The summed E-state index contributed by atoms with van der Waals surface area (Å²) in [6.07, 6.45) is 8.05. The summed E-state index contributed by atoms with van der Waals surface area (Å²) in [5.74, 6) is 1.21. The van der Waals surface area contributed by atoms with Crippen LogP contribution in [0.1, 0.15) is 78.3 Å². The Morgan fingerprint density at radius 1 is 0.905 bits per heavy atom. The van der Waals surface area contributed by atoms with E-state index in [-0.39, 0.29) is 11.3 Å². The molecule has 3 saturated heterocycles. The van der Waals surface area contributed by atoms with Crippen LogP contribution >= 0.6 is 0 Å². The van der Waals surface area contributed by atoms with E-state index in [4.69, 9.17) is 10.2 Å². The molecule has 6 nitrogen and oxygen atoms in total. The zero-order valence-electron chi connectivity index (χ0n) is 24.5. The van der Waals surface area contributed by atoms with Gasteiger partial charge in [-0.2, -0.15) is 5.26 Å². The summed E-state index contributed by atoms with van der Waals surface area (Å²) in [4.78, 5) is 23.0. The Bertz CT molecular complexity index is 1600. The SMILES string of the molecule is Cc1nc2ccccc2n1C1CC2CC[C@H](C1)N2CCC1(c2ccccc2)CCN(C(=O)c2ccc(C#N)cc2)CC1. The van der Waals surface area contributed by atoms with Crippen LogP contribution in [0.4, 0.5) is 0 Å². The first-order valence-corrected chi connectivity index (χ1v) is 15.6. The number of aromatic nitrogens is 2. The zero-order valence-corrected chi connectivity index (χ0v) is 24.5. The smallest absolute Gasteiger partial charge is 0.253 e. The number of carbonyl (C=O) groups excluding carboxylic acids is 1. The number of nitriles is 1. The second-order valence-electron chi connectivity index (χ2n) is 12.6. The van der Waals surface area contributed by atoms with Gasteiger partial charge in [-0.15, -0.1) is 0 Å². The van der Waals surface area contributed by atoms with E-state index in [0.29, 0.717) is 29.3 Å². The summed E-state index contributed by atoms with van der Waals surface area (Å²) in [6.45, 7) is 4.80. The van der Waals surface area contributed by atoms with Crippen molar-refractivity contribution in [1.29, 1.82) is 5.26 Å². The highest BCUT2D eigenvalue weighted by Crippen LogP contribution is 2.45. The van der Waals surface area contributed by atoms with E-state index in [1.165, 1.54) is 36.8 Å². The predicted molar refractivity (Wildman–Crippen MR) is 165 cm³/mol. The van der Waals surface area contributed by atoms with Gasteiger partial charge >= 0.3 is 0 Å². The fraction of sp³-hybridized carbons (Fsp3) is 0.417. The minimum atomic E-state index is 0.0728. The summed E-state index contributed by atoms with van der Waals surface area (Å²) in [5, 5.41) is 9.12. The van der Waals surface area contributed by atoms with Crippen molar-refractivity contribution < 1.29 is 4.79 Å². The molecule has 6 heteroatoms. The molecule has 2 unspecified atom stereocenters. The summed E-state index contributed by atoms with van der Waals surface area (Å²) in [7, 11) is 0. The normalized spacial score (nSPS) is 23.6. The fourth-order valence-corrected chi connectivity index (χ4v) is 8.27. The van der Waals surface area contributed by atoms with Crippen LogP contribution in [0.2, 0.25) is 0 Å². The maximum Gasteiger partial charge on any atom is 0.253 e. The molecule has 4 aromatic rings. The van der Waals surface area contributed by atoms with Gasteiger partial charge in [0.15, 0.2) is 0 Å². The van der Waals surface area contributed by atoms with Crippen molar-refractivity contribution in [2.24, 2.45) is 0 Å². The molecule has 4 heterocycles. The quantitative estimate of drug-likeness (QED) is 0.266. The summed E-state index contributed by atoms with van der Waals surface area (Å²) in [5.41, 5.74) is 5.13. The molecular formula is C36H39N5O.